The molecule has 0 aromatic carbocycles. The van der Waals surface area contributed by atoms with Crippen LogP contribution >= 0.6 is 0 Å². The van der Waals surface area contributed by atoms with E-state index in [4.69, 9.17) is 5.11 Å². The molecule has 1 aliphatic heterocycles. The molecule has 0 bridgehead atoms. The summed E-state index contributed by atoms with van der Waals surface area (Å²) in [5.41, 5.74) is -0.0571. The molecule has 1 aromatic heterocycles. The summed E-state index contributed by atoms with van der Waals surface area (Å²) in [6.45, 7) is 0.601. The van der Waals surface area contributed by atoms with E-state index >= 15 is 0 Å². The zero-order valence-corrected chi connectivity index (χ0v) is 10.1. The van der Waals surface area contributed by atoms with Crippen molar-refractivity contribution >= 4 is 23.6 Å². The number of carbonyl (C=O) groups is 3. The van der Waals surface area contributed by atoms with Gasteiger partial charge in [0.25, 0.3) is 0 Å². The first kappa shape index (κ1) is 13.0. The van der Waals surface area contributed by atoms with Crippen LogP contribution in [-0.2, 0) is 9.59 Å². The third-order valence-corrected chi connectivity index (χ3v) is 2.76. The van der Waals surface area contributed by atoms with Gasteiger partial charge in [-0.3, -0.25) is 14.5 Å². The lowest BCUT2D eigenvalue weighted by Crippen LogP contribution is -2.33. The molecule has 0 aliphatic carbocycles. The van der Waals surface area contributed by atoms with Gasteiger partial charge in [0.1, 0.15) is 5.82 Å². The second-order valence-corrected chi connectivity index (χ2v) is 4.08. The van der Waals surface area contributed by atoms with Crippen LogP contribution in [0.25, 0.3) is 0 Å². The molecule has 1 saturated heterocycles. The predicted molar refractivity (Wildman–Crippen MR) is 65.6 cm³/mol. The number of nitrogens with one attached hydrogen (secondary N) is 1. The summed E-state index contributed by atoms with van der Waals surface area (Å²) in [6.07, 6.45) is 0.539. The summed E-state index contributed by atoms with van der Waals surface area (Å²) in [5.74, 6) is -1.04. The number of likely N-dealkylation sites (tertiary alicyclic amines) is 1. The van der Waals surface area contributed by atoms with Crippen molar-refractivity contribution in [2.24, 2.45) is 0 Å². The Balaban J connectivity index is 1.89. The number of nitrogens with zero attached hydrogens (tertiary/aromatic N) is 2. The minimum Gasteiger partial charge on any atom is -0.477 e. The molecule has 19 heavy (non-hydrogen) atoms. The van der Waals surface area contributed by atoms with Crippen molar-refractivity contribution < 1.29 is 19.5 Å². The SMILES string of the molecule is O=C(O)c1cccc(NCCN2C(=O)CCC2=O)n1. The molecule has 1 aliphatic rings. The van der Waals surface area contributed by atoms with E-state index in [1.54, 1.807) is 12.1 Å². The van der Waals surface area contributed by atoms with Gasteiger partial charge in [-0.15, -0.1) is 0 Å². The Labute approximate surface area is 109 Å². The molecule has 7 nitrogen and oxygen atoms in total. The van der Waals surface area contributed by atoms with Crippen LogP contribution in [0.15, 0.2) is 18.2 Å². The van der Waals surface area contributed by atoms with Crippen molar-refractivity contribution in [3.05, 3.63) is 23.9 Å². The van der Waals surface area contributed by atoms with Crippen molar-refractivity contribution in [3.8, 4) is 0 Å². The summed E-state index contributed by atoms with van der Waals surface area (Å²) in [6, 6.07) is 4.59. The van der Waals surface area contributed by atoms with Crippen LogP contribution in [0, 0.1) is 0 Å². The summed E-state index contributed by atoms with van der Waals surface area (Å²) in [4.78, 5) is 38.5. The number of aromatic nitrogens is 1. The number of rotatable bonds is 5. The van der Waals surface area contributed by atoms with E-state index in [-0.39, 0.29) is 36.9 Å². The minimum atomic E-state index is -1.10. The third-order valence-electron chi connectivity index (χ3n) is 2.76. The molecule has 1 fully saturated rings. The van der Waals surface area contributed by atoms with Crippen LogP contribution in [0.3, 0.4) is 0 Å². The largest absolute Gasteiger partial charge is 0.477 e. The van der Waals surface area contributed by atoms with Gasteiger partial charge in [0.2, 0.25) is 11.8 Å². The Kier molecular flexibility index (Phi) is 3.74. The Morgan fingerprint density at radius 1 is 1.32 bits per heavy atom. The lowest BCUT2D eigenvalue weighted by atomic mass is 10.3. The van der Waals surface area contributed by atoms with Crippen LogP contribution in [0.4, 0.5) is 5.82 Å². The number of carbonyl (C=O) groups excluding carboxylic acids is 2. The molecule has 2 heterocycles. The summed E-state index contributed by atoms with van der Waals surface area (Å²) < 4.78 is 0. The maximum atomic E-state index is 11.4. The number of anilines is 1. The highest BCUT2D eigenvalue weighted by Crippen LogP contribution is 2.11. The maximum Gasteiger partial charge on any atom is 0.354 e. The maximum absolute atomic E-state index is 11.4. The highest BCUT2D eigenvalue weighted by atomic mass is 16.4. The van der Waals surface area contributed by atoms with Gasteiger partial charge < -0.3 is 10.4 Å². The first-order chi connectivity index (χ1) is 9.08. The Morgan fingerprint density at radius 3 is 2.63 bits per heavy atom. The second-order valence-electron chi connectivity index (χ2n) is 4.08. The van der Waals surface area contributed by atoms with E-state index in [9.17, 15) is 14.4 Å². The van der Waals surface area contributed by atoms with Gasteiger partial charge in [0, 0.05) is 25.9 Å². The molecule has 0 saturated carbocycles. The van der Waals surface area contributed by atoms with E-state index in [2.05, 4.69) is 10.3 Å². The molecule has 2 rings (SSSR count). The first-order valence-electron chi connectivity index (χ1n) is 5.85. The Morgan fingerprint density at radius 2 is 2.00 bits per heavy atom. The van der Waals surface area contributed by atoms with E-state index in [0.29, 0.717) is 12.4 Å². The van der Waals surface area contributed by atoms with Gasteiger partial charge in [-0.05, 0) is 12.1 Å². The molecule has 0 radical (unpaired) electrons. The molecule has 0 atom stereocenters. The highest BCUT2D eigenvalue weighted by molar-refractivity contribution is 6.01. The normalized spacial score (nSPS) is 14.8. The standard InChI is InChI=1S/C12H13N3O4/c16-10-4-5-11(17)15(10)7-6-13-9-3-1-2-8(14-9)12(18)19/h1-3H,4-7H2,(H,13,14)(H,18,19). The number of aromatic carboxylic acids is 1. The molecular weight excluding hydrogens is 250 g/mol. The Hall–Kier alpha value is -2.44. The summed E-state index contributed by atoms with van der Waals surface area (Å²) in [5, 5.41) is 11.7. The van der Waals surface area contributed by atoms with Crippen LogP contribution in [0.5, 0.6) is 0 Å². The lowest BCUT2D eigenvalue weighted by Gasteiger charge is -2.14. The van der Waals surface area contributed by atoms with Crippen LogP contribution in [-0.4, -0.2) is 45.9 Å². The number of hydrogen-bond donors (Lipinski definition) is 2. The smallest absolute Gasteiger partial charge is 0.354 e. The monoisotopic (exact) mass is 263 g/mol. The van der Waals surface area contributed by atoms with Crippen molar-refractivity contribution in [2.75, 3.05) is 18.4 Å². The number of imide groups is 1. The number of hydrogen-bond acceptors (Lipinski definition) is 5. The number of pyridine rings is 1. The van der Waals surface area contributed by atoms with Crippen molar-refractivity contribution in [1.29, 1.82) is 0 Å². The van der Waals surface area contributed by atoms with Gasteiger partial charge in [-0.1, -0.05) is 6.07 Å². The fraction of sp³-hybridized carbons (Fsp3) is 0.333. The van der Waals surface area contributed by atoms with E-state index in [1.807, 2.05) is 0 Å². The summed E-state index contributed by atoms with van der Waals surface area (Å²) >= 11 is 0. The Bertz CT molecular complexity index is 513. The van der Waals surface area contributed by atoms with E-state index in [1.165, 1.54) is 11.0 Å². The average molecular weight is 263 g/mol. The third kappa shape index (κ3) is 3.06. The summed E-state index contributed by atoms with van der Waals surface area (Å²) in [7, 11) is 0. The van der Waals surface area contributed by atoms with Crippen LogP contribution in [0.1, 0.15) is 23.3 Å². The highest BCUT2D eigenvalue weighted by Gasteiger charge is 2.27. The molecule has 100 valence electrons. The van der Waals surface area contributed by atoms with Crippen LogP contribution < -0.4 is 5.32 Å². The van der Waals surface area contributed by atoms with Crippen molar-refractivity contribution in [1.82, 2.24) is 9.88 Å². The van der Waals surface area contributed by atoms with E-state index < -0.39 is 5.97 Å². The average Bonchev–Trinajstić information content (AvgIpc) is 2.71. The predicted octanol–water partition coefficient (Wildman–Crippen LogP) is 0.341. The van der Waals surface area contributed by atoms with Crippen LogP contribution in [0.2, 0.25) is 0 Å². The molecular formula is C12H13N3O4. The fourth-order valence-corrected chi connectivity index (χ4v) is 1.82. The van der Waals surface area contributed by atoms with Crippen molar-refractivity contribution in [2.45, 2.75) is 12.8 Å². The quantitative estimate of drug-likeness (QED) is 0.743. The number of carboxylic acid groups (broad SMARTS) is 1. The number of amides is 2. The molecule has 7 heteroatoms. The first-order valence-corrected chi connectivity index (χ1v) is 5.85. The van der Waals surface area contributed by atoms with Gasteiger partial charge in [0.05, 0.1) is 0 Å². The molecule has 0 spiro atoms. The topological polar surface area (TPSA) is 99.6 Å². The van der Waals surface area contributed by atoms with Gasteiger partial charge in [0.15, 0.2) is 5.69 Å². The molecule has 1 aromatic rings. The van der Waals surface area contributed by atoms with E-state index in [0.717, 1.165) is 0 Å². The molecule has 2 amide bonds. The lowest BCUT2D eigenvalue weighted by molar-refractivity contribution is -0.138. The van der Waals surface area contributed by atoms with Gasteiger partial charge in [-0.2, -0.15) is 0 Å². The second kappa shape index (κ2) is 5.47. The van der Waals surface area contributed by atoms with Gasteiger partial charge in [-0.25, -0.2) is 9.78 Å². The molecule has 0 unspecified atom stereocenters. The fourth-order valence-electron chi connectivity index (χ4n) is 1.82. The minimum absolute atomic E-state index is 0.0571. The zero-order chi connectivity index (χ0) is 13.8. The molecule has 2 N–H and O–H groups in total. The van der Waals surface area contributed by atoms with Crippen molar-refractivity contribution in [3.63, 3.8) is 0 Å². The number of carboxylic acids is 1. The zero-order valence-electron chi connectivity index (χ0n) is 10.1. The van der Waals surface area contributed by atoms with Gasteiger partial charge >= 0.3 is 5.97 Å².